The summed E-state index contributed by atoms with van der Waals surface area (Å²) in [6, 6.07) is 5.11. The van der Waals surface area contributed by atoms with Crippen LogP contribution in [-0.2, 0) is 0 Å². The third-order valence-corrected chi connectivity index (χ3v) is 2.36. The average molecular weight is 255 g/mol. The molecule has 1 aromatic rings. The Kier molecular flexibility index (Phi) is 5.87. The normalized spacial score (nSPS) is 14.1. The van der Waals surface area contributed by atoms with E-state index in [9.17, 15) is 0 Å². The number of aliphatic hydroxyl groups is 1. The van der Waals surface area contributed by atoms with E-state index >= 15 is 0 Å². The van der Waals surface area contributed by atoms with Crippen LogP contribution in [0.1, 0.15) is 18.5 Å². The van der Waals surface area contributed by atoms with Crippen LogP contribution in [0.3, 0.4) is 0 Å². The summed E-state index contributed by atoms with van der Waals surface area (Å²) >= 11 is 0. The van der Waals surface area contributed by atoms with Crippen molar-refractivity contribution in [3.8, 4) is 11.5 Å². The van der Waals surface area contributed by atoms with Crippen LogP contribution >= 0.6 is 0 Å². The van der Waals surface area contributed by atoms with E-state index < -0.39 is 6.23 Å². The zero-order valence-electron chi connectivity index (χ0n) is 10.5. The largest absolute Gasteiger partial charge is 0.490 e. The Hall–Kier alpha value is -1.34. The van der Waals surface area contributed by atoms with Crippen LogP contribution < -0.4 is 26.7 Å². The van der Waals surface area contributed by atoms with E-state index in [0.29, 0.717) is 24.7 Å². The van der Waals surface area contributed by atoms with E-state index in [2.05, 4.69) is 0 Å². The molecular weight excluding hydrogens is 234 g/mol. The third kappa shape index (κ3) is 4.15. The highest BCUT2D eigenvalue weighted by Crippen LogP contribution is 2.30. The zero-order chi connectivity index (χ0) is 13.5. The highest BCUT2D eigenvalue weighted by atomic mass is 16.5. The van der Waals surface area contributed by atoms with E-state index in [0.717, 1.165) is 5.56 Å². The van der Waals surface area contributed by atoms with E-state index in [4.69, 9.17) is 31.8 Å². The standard InChI is InChI=1S/C12H21N3O3/c1-2-17-11-5-8(9(14)6-13)3-4-10(11)18-7-12(15)16/h3-5,9,12,16H,2,6-7,13-15H2,1H3. The van der Waals surface area contributed by atoms with Crippen LogP contribution in [0.15, 0.2) is 18.2 Å². The lowest BCUT2D eigenvalue weighted by Crippen LogP contribution is -2.27. The van der Waals surface area contributed by atoms with Gasteiger partial charge in [-0.05, 0) is 24.6 Å². The number of ether oxygens (including phenoxy) is 2. The minimum absolute atomic E-state index is 0.00234. The summed E-state index contributed by atoms with van der Waals surface area (Å²) in [6.45, 7) is 2.73. The van der Waals surface area contributed by atoms with Crippen LogP contribution in [-0.4, -0.2) is 31.1 Å². The molecule has 6 nitrogen and oxygen atoms in total. The molecule has 0 saturated heterocycles. The van der Waals surface area contributed by atoms with Gasteiger partial charge < -0.3 is 31.8 Å². The number of rotatable bonds is 7. The van der Waals surface area contributed by atoms with E-state index in [1.54, 1.807) is 12.1 Å². The summed E-state index contributed by atoms with van der Waals surface area (Å²) in [6.07, 6.45) is -1.02. The lowest BCUT2D eigenvalue weighted by molar-refractivity contribution is 0.110. The topological polar surface area (TPSA) is 117 Å². The molecule has 0 saturated carbocycles. The third-order valence-electron chi connectivity index (χ3n) is 2.36. The first-order valence-electron chi connectivity index (χ1n) is 5.87. The van der Waals surface area contributed by atoms with Crippen molar-refractivity contribution < 1.29 is 14.6 Å². The average Bonchev–Trinajstić information content (AvgIpc) is 2.36. The number of hydrogen-bond acceptors (Lipinski definition) is 6. The van der Waals surface area contributed by atoms with Crippen LogP contribution in [0.4, 0.5) is 0 Å². The number of benzene rings is 1. The van der Waals surface area contributed by atoms with Crippen molar-refractivity contribution in [1.82, 2.24) is 0 Å². The van der Waals surface area contributed by atoms with Crippen LogP contribution in [0.5, 0.6) is 11.5 Å². The summed E-state index contributed by atoms with van der Waals surface area (Å²) in [7, 11) is 0. The minimum atomic E-state index is -1.02. The van der Waals surface area contributed by atoms with Crippen molar-refractivity contribution in [2.24, 2.45) is 17.2 Å². The Morgan fingerprint density at radius 2 is 1.94 bits per heavy atom. The minimum Gasteiger partial charge on any atom is -0.490 e. The molecule has 2 unspecified atom stereocenters. The van der Waals surface area contributed by atoms with Gasteiger partial charge in [-0.1, -0.05) is 6.07 Å². The molecule has 7 N–H and O–H groups in total. The second kappa shape index (κ2) is 7.17. The van der Waals surface area contributed by atoms with Gasteiger partial charge >= 0.3 is 0 Å². The predicted octanol–water partition coefficient (Wildman–Crippen LogP) is -0.300. The first-order valence-corrected chi connectivity index (χ1v) is 5.87. The van der Waals surface area contributed by atoms with Crippen molar-refractivity contribution in [2.75, 3.05) is 19.8 Å². The van der Waals surface area contributed by atoms with Crippen molar-refractivity contribution in [2.45, 2.75) is 19.2 Å². The molecule has 0 aromatic heterocycles. The maximum Gasteiger partial charge on any atom is 0.161 e. The molecule has 0 heterocycles. The molecule has 0 amide bonds. The fourth-order valence-corrected chi connectivity index (χ4v) is 1.45. The molecule has 18 heavy (non-hydrogen) atoms. The second-order valence-corrected chi connectivity index (χ2v) is 3.86. The van der Waals surface area contributed by atoms with Crippen molar-refractivity contribution in [3.05, 3.63) is 23.8 Å². The van der Waals surface area contributed by atoms with Crippen LogP contribution in [0.2, 0.25) is 0 Å². The molecule has 102 valence electrons. The first kappa shape index (κ1) is 14.7. The molecule has 2 atom stereocenters. The molecule has 6 heteroatoms. The van der Waals surface area contributed by atoms with Gasteiger partial charge in [-0.25, -0.2) is 0 Å². The monoisotopic (exact) mass is 255 g/mol. The van der Waals surface area contributed by atoms with Crippen LogP contribution in [0.25, 0.3) is 0 Å². The quantitative estimate of drug-likeness (QED) is 0.497. The van der Waals surface area contributed by atoms with Gasteiger partial charge in [-0.3, -0.25) is 0 Å². The summed E-state index contributed by atoms with van der Waals surface area (Å²) in [5, 5.41) is 8.99. The van der Waals surface area contributed by atoms with Gasteiger partial charge in [0, 0.05) is 12.6 Å². The predicted molar refractivity (Wildman–Crippen MR) is 69.3 cm³/mol. The smallest absolute Gasteiger partial charge is 0.161 e. The molecule has 0 fully saturated rings. The van der Waals surface area contributed by atoms with E-state index in [-0.39, 0.29) is 12.6 Å². The molecule has 1 rings (SSSR count). The lowest BCUT2D eigenvalue weighted by Gasteiger charge is -2.16. The van der Waals surface area contributed by atoms with Crippen molar-refractivity contribution in [3.63, 3.8) is 0 Å². The lowest BCUT2D eigenvalue weighted by atomic mass is 10.1. The number of hydrogen-bond donors (Lipinski definition) is 4. The summed E-state index contributed by atoms with van der Waals surface area (Å²) in [5.41, 5.74) is 17.5. The van der Waals surface area contributed by atoms with Gasteiger partial charge in [0.1, 0.15) is 12.8 Å². The molecular formula is C12H21N3O3. The van der Waals surface area contributed by atoms with Crippen molar-refractivity contribution >= 4 is 0 Å². The maximum atomic E-state index is 8.99. The van der Waals surface area contributed by atoms with E-state index in [1.165, 1.54) is 0 Å². The fraction of sp³-hybridized carbons (Fsp3) is 0.500. The van der Waals surface area contributed by atoms with Gasteiger partial charge in [0.25, 0.3) is 0 Å². The second-order valence-electron chi connectivity index (χ2n) is 3.86. The Morgan fingerprint density at radius 3 is 2.50 bits per heavy atom. The fourth-order valence-electron chi connectivity index (χ4n) is 1.45. The first-order chi connectivity index (χ1) is 8.58. The van der Waals surface area contributed by atoms with Gasteiger partial charge in [0.2, 0.25) is 0 Å². The Morgan fingerprint density at radius 1 is 1.22 bits per heavy atom. The van der Waals surface area contributed by atoms with Gasteiger partial charge in [0.05, 0.1) is 6.61 Å². The molecule has 0 spiro atoms. The Bertz CT molecular complexity index is 372. The highest BCUT2D eigenvalue weighted by Gasteiger charge is 2.11. The highest BCUT2D eigenvalue weighted by molar-refractivity contribution is 5.44. The SMILES string of the molecule is CCOc1cc(C(N)CN)ccc1OCC(N)O. The molecule has 0 aliphatic heterocycles. The van der Waals surface area contributed by atoms with Crippen LogP contribution in [0, 0.1) is 0 Å². The number of aliphatic hydroxyl groups excluding tert-OH is 1. The van der Waals surface area contributed by atoms with Crippen molar-refractivity contribution in [1.29, 1.82) is 0 Å². The van der Waals surface area contributed by atoms with Gasteiger partial charge in [-0.2, -0.15) is 0 Å². The number of nitrogens with two attached hydrogens (primary N) is 3. The zero-order valence-corrected chi connectivity index (χ0v) is 10.5. The molecule has 0 aliphatic carbocycles. The molecule has 0 aliphatic rings. The Labute approximate surface area is 107 Å². The summed E-state index contributed by atoms with van der Waals surface area (Å²) < 4.78 is 10.8. The summed E-state index contributed by atoms with van der Waals surface area (Å²) in [4.78, 5) is 0. The maximum absolute atomic E-state index is 8.99. The van der Waals surface area contributed by atoms with E-state index in [1.807, 2.05) is 13.0 Å². The van der Waals surface area contributed by atoms with Gasteiger partial charge in [0.15, 0.2) is 11.5 Å². The van der Waals surface area contributed by atoms with Gasteiger partial charge in [-0.15, -0.1) is 0 Å². The summed E-state index contributed by atoms with van der Waals surface area (Å²) in [5.74, 6) is 1.09. The molecule has 1 aromatic carbocycles. The Balaban J connectivity index is 2.89. The molecule has 0 radical (unpaired) electrons. The molecule has 0 bridgehead atoms.